The molecule has 0 saturated heterocycles. The Bertz CT molecular complexity index is 551. The molecule has 0 saturated carbocycles. The minimum absolute atomic E-state index is 0.188. The van der Waals surface area contributed by atoms with Gasteiger partial charge in [0.1, 0.15) is 16.2 Å². The molecule has 1 rings (SSSR count). The fraction of sp³-hybridized carbons (Fsp3) is 0.750. The van der Waals surface area contributed by atoms with Gasteiger partial charge in [0.2, 0.25) is 12.3 Å². The molecule has 0 aromatic carbocycles. The molecule has 0 radical (unpaired) electrons. The van der Waals surface area contributed by atoms with Gasteiger partial charge in [-0.15, -0.1) is 5.10 Å². The first-order chi connectivity index (χ1) is 11.8. The van der Waals surface area contributed by atoms with Gasteiger partial charge in [0.25, 0.3) is 0 Å². The van der Waals surface area contributed by atoms with Crippen molar-refractivity contribution in [3.8, 4) is 6.07 Å². The molecule has 0 bridgehead atoms. The van der Waals surface area contributed by atoms with Crippen molar-refractivity contribution in [2.24, 2.45) is 12.8 Å². The van der Waals surface area contributed by atoms with Crippen LogP contribution in [0.5, 0.6) is 0 Å². The van der Waals surface area contributed by atoms with Gasteiger partial charge >= 0.3 is 6.18 Å². The Kier molecular flexibility index (Phi) is 28.6. The van der Waals surface area contributed by atoms with Gasteiger partial charge in [-0.05, 0) is 17.4 Å². The molecule has 0 atom stereocenters. The van der Waals surface area contributed by atoms with Crippen LogP contribution in [-0.4, -0.2) is 59.6 Å². The number of carbonyl (C=O) groups is 1. The van der Waals surface area contributed by atoms with E-state index in [1.54, 1.807) is 13.1 Å². The summed E-state index contributed by atoms with van der Waals surface area (Å²) in [5.74, 6) is -0.333. The van der Waals surface area contributed by atoms with Crippen LogP contribution < -0.4 is 5.73 Å². The zero-order chi connectivity index (χ0) is 23.3. The summed E-state index contributed by atoms with van der Waals surface area (Å²) >= 11 is 0. The van der Waals surface area contributed by atoms with E-state index in [1.807, 2.05) is 0 Å². The summed E-state index contributed by atoms with van der Waals surface area (Å²) in [6, 6.07) is 1.75. The number of alkyl halides is 5. The molecule has 1 aromatic rings. The molecule has 0 aliphatic heterocycles. The predicted octanol–water partition coefficient (Wildman–Crippen LogP) is 1.73. The van der Waals surface area contributed by atoms with Crippen molar-refractivity contribution >= 4 is 15.7 Å². The lowest BCUT2D eigenvalue weighted by molar-refractivity contribution is -0.116. The van der Waals surface area contributed by atoms with Crippen molar-refractivity contribution in [1.29, 1.82) is 5.26 Å². The van der Waals surface area contributed by atoms with Crippen LogP contribution in [0, 0.1) is 11.3 Å². The fourth-order valence-electron chi connectivity index (χ4n) is 0.207. The number of nitrogens with two attached hydrogens (primary N) is 1. The Morgan fingerprint density at radius 3 is 1.52 bits per heavy atom. The number of amides is 1. The molecule has 0 spiro atoms. The number of hydrogen-bond donors (Lipinski definition) is 1. The number of halogens is 5. The average molecular weight is 428 g/mol. The lowest BCUT2D eigenvalue weighted by atomic mass is 10.8. The summed E-state index contributed by atoms with van der Waals surface area (Å²) in [4.78, 5) is 9.22. The van der Waals surface area contributed by atoms with Gasteiger partial charge in [-0.1, -0.05) is 0 Å². The van der Waals surface area contributed by atoms with Gasteiger partial charge < -0.3 is 5.73 Å². The second-order valence-electron chi connectivity index (χ2n) is 4.26. The molecule has 9 nitrogen and oxygen atoms in total. The minimum atomic E-state index is -4.00. The molecule has 27 heavy (non-hydrogen) atoms. The van der Waals surface area contributed by atoms with E-state index < -0.39 is 22.4 Å². The quantitative estimate of drug-likeness (QED) is 0.619. The molecule has 0 unspecified atom stereocenters. The van der Waals surface area contributed by atoms with Crippen LogP contribution in [0.3, 0.4) is 0 Å². The minimum Gasteiger partial charge on any atom is -0.370 e. The van der Waals surface area contributed by atoms with Crippen molar-refractivity contribution in [2.75, 3.05) is 12.5 Å². The number of rotatable bonds is 0. The van der Waals surface area contributed by atoms with Crippen molar-refractivity contribution in [3.05, 3.63) is 6.33 Å². The maximum atomic E-state index is 10.4. The molecule has 1 heterocycles. The molecular formula is C12H25F5N6O3S. The summed E-state index contributed by atoms with van der Waals surface area (Å²) in [6.07, 6.45) is -2.32. The Labute approximate surface area is 155 Å². The third-order valence-electron chi connectivity index (χ3n) is 0.451. The van der Waals surface area contributed by atoms with Gasteiger partial charge in [0.05, 0.1) is 6.07 Å². The first kappa shape index (κ1) is 35.7. The van der Waals surface area contributed by atoms with Crippen molar-refractivity contribution in [2.45, 2.75) is 40.3 Å². The van der Waals surface area contributed by atoms with Crippen molar-refractivity contribution in [1.82, 2.24) is 20.2 Å². The second-order valence-corrected chi connectivity index (χ2v) is 6.55. The zero-order valence-corrected chi connectivity index (χ0v) is 16.8. The number of carbonyl (C=O) groups excluding carboxylic acids is 1. The first-order valence-electron chi connectivity index (χ1n) is 6.51. The third-order valence-corrected chi connectivity index (χ3v) is 0.451. The van der Waals surface area contributed by atoms with E-state index in [-0.39, 0.29) is 12.8 Å². The molecule has 2 N–H and O–H groups in total. The molecule has 1 amide bonds. The van der Waals surface area contributed by atoms with Gasteiger partial charge in [-0.25, -0.2) is 21.9 Å². The summed E-state index contributed by atoms with van der Waals surface area (Å²) in [7, 11) is -0.903. The molecule has 0 aliphatic carbocycles. The number of sulfone groups is 1. The normalized spacial score (nSPS) is 8.89. The predicted molar refractivity (Wildman–Crippen MR) is 89.1 cm³/mol. The Balaban J connectivity index is -0.0000000729. The van der Waals surface area contributed by atoms with E-state index in [1.165, 1.54) is 24.9 Å². The molecule has 0 fully saturated rings. The Hall–Kier alpha value is -2.37. The maximum Gasteiger partial charge on any atom is 0.386 e. The van der Waals surface area contributed by atoms with Crippen LogP contribution in [0.25, 0.3) is 0 Å². The molecule has 0 aliphatic rings. The van der Waals surface area contributed by atoms with Crippen LogP contribution in [0.15, 0.2) is 6.33 Å². The van der Waals surface area contributed by atoms with Gasteiger partial charge in [0.15, 0.2) is 0 Å². The summed E-state index contributed by atoms with van der Waals surface area (Å²) in [6.45, 7) is 3.76. The zero-order valence-electron chi connectivity index (χ0n) is 16.0. The van der Waals surface area contributed by atoms with Crippen LogP contribution in [0.2, 0.25) is 0 Å². The number of hydrogen-bond acceptors (Lipinski definition) is 7. The SMILES string of the molecule is CC#N.CC(F)(F)F.CC(F)F.CC(N)=O.CS(C)(=O)=O.Cn1cnnn1. The van der Waals surface area contributed by atoms with Gasteiger partial charge in [-0.2, -0.15) is 18.4 Å². The lowest BCUT2D eigenvalue weighted by Crippen LogP contribution is -2.01. The van der Waals surface area contributed by atoms with Crippen molar-refractivity contribution < 1.29 is 35.2 Å². The summed E-state index contributed by atoms with van der Waals surface area (Å²) < 4.78 is 72.5. The molecular weight excluding hydrogens is 403 g/mol. The van der Waals surface area contributed by atoms with Crippen molar-refractivity contribution in [3.63, 3.8) is 0 Å². The monoisotopic (exact) mass is 428 g/mol. The first-order valence-corrected chi connectivity index (χ1v) is 8.81. The lowest BCUT2D eigenvalue weighted by Gasteiger charge is -1.88. The standard InChI is InChI=1S/C2H3F3.C2H4F2.C2H4N4.C2H5NO.C2H3N.C2H6O2S/c1-2(3,4)5;1-2(3)4;1-6-2-3-4-5-6;1-2(3)4;1-2-3;1-5(2,3)4/h1H3;2H,1H3;2H,1H3;1H3,(H2,3,4);1H3;1-2H3. The van der Waals surface area contributed by atoms with Crippen LogP contribution in [0.1, 0.15) is 27.7 Å². The van der Waals surface area contributed by atoms with E-state index in [0.29, 0.717) is 0 Å². The Morgan fingerprint density at radius 2 is 1.48 bits per heavy atom. The smallest absolute Gasteiger partial charge is 0.370 e. The average Bonchev–Trinajstić information content (AvgIpc) is 2.74. The highest BCUT2D eigenvalue weighted by Crippen LogP contribution is 2.10. The largest absolute Gasteiger partial charge is 0.386 e. The highest BCUT2D eigenvalue weighted by molar-refractivity contribution is 7.89. The third kappa shape index (κ3) is 516. The summed E-state index contributed by atoms with van der Waals surface area (Å²) in [5.41, 5.74) is 4.47. The van der Waals surface area contributed by atoms with E-state index in [2.05, 4.69) is 21.3 Å². The number of primary amides is 1. The van der Waals surface area contributed by atoms with E-state index in [9.17, 15) is 35.2 Å². The number of aryl methyl sites for hydroxylation is 1. The number of tetrazole rings is 1. The van der Waals surface area contributed by atoms with Gasteiger partial charge in [-0.3, -0.25) is 4.79 Å². The van der Waals surface area contributed by atoms with Gasteiger partial charge in [0, 0.05) is 40.3 Å². The molecule has 15 heteroatoms. The molecule has 1 aromatic heterocycles. The van der Waals surface area contributed by atoms with E-state index >= 15 is 0 Å². The topological polar surface area (TPSA) is 145 Å². The maximum absolute atomic E-state index is 10.4. The number of nitrogens with zero attached hydrogens (tertiary/aromatic N) is 5. The Morgan fingerprint density at radius 1 is 1.30 bits per heavy atom. The highest BCUT2D eigenvalue weighted by Gasteiger charge is 2.15. The molecule has 162 valence electrons. The van der Waals surface area contributed by atoms with Crippen LogP contribution >= 0.6 is 0 Å². The number of nitriles is 1. The van der Waals surface area contributed by atoms with Crippen LogP contribution in [-0.2, 0) is 21.7 Å². The number of aromatic nitrogens is 4. The summed E-state index contributed by atoms with van der Waals surface area (Å²) in [5, 5.41) is 17.5. The van der Waals surface area contributed by atoms with E-state index in [4.69, 9.17) is 5.26 Å². The van der Waals surface area contributed by atoms with Crippen LogP contribution in [0.4, 0.5) is 22.0 Å². The van der Waals surface area contributed by atoms with E-state index in [0.717, 1.165) is 19.4 Å². The highest BCUT2D eigenvalue weighted by atomic mass is 32.2. The second kappa shape index (κ2) is 21.7. The fourth-order valence-corrected chi connectivity index (χ4v) is 0.207.